The molecular formula is C23H26N4O. The Balaban J connectivity index is 1.40. The van der Waals surface area contributed by atoms with E-state index in [0.29, 0.717) is 6.54 Å². The molecule has 1 aromatic heterocycles. The molecule has 5 nitrogen and oxygen atoms in total. The lowest BCUT2D eigenvalue weighted by Gasteiger charge is -2.19. The largest absolute Gasteiger partial charge is 0.337 e. The van der Waals surface area contributed by atoms with E-state index in [1.807, 2.05) is 54.3 Å². The number of carbonyl (C=O) groups is 1. The second-order valence-electron chi connectivity index (χ2n) is 7.46. The van der Waals surface area contributed by atoms with E-state index in [0.717, 1.165) is 23.4 Å². The molecule has 1 fully saturated rings. The molecule has 1 saturated heterocycles. The quantitative estimate of drug-likeness (QED) is 0.660. The van der Waals surface area contributed by atoms with Gasteiger partial charge in [-0.2, -0.15) is 5.10 Å². The Kier molecular flexibility index (Phi) is 5.53. The van der Waals surface area contributed by atoms with Crippen LogP contribution in [0.1, 0.15) is 34.3 Å². The summed E-state index contributed by atoms with van der Waals surface area (Å²) in [4.78, 5) is 17.0. The molecule has 1 amide bonds. The zero-order chi connectivity index (χ0) is 19.3. The minimum atomic E-state index is 0.0391. The van der Waals surface area contributed by atoms with E-state index < -0.39 is 0 Å². The summed E-state index contributed by atoms with van der Waals surface area (Å²) >= 11 is 0. The highest BCUT2D eigenvalue weighted by atomic mass is 16.2. The molecular weight excluding hydrogens is 348 g/mol. The summed E-state index contributed by atoms with van der Waals surface area (Å²) < 4.78 is 1.82. The first-order valence-electron chi connectivity index (χ1n) is 9.85. The van der Waals surface area contributed by atoms with Gasteiger partial charge in [0.2, 0.25) is 0 Å². The zero-order valence-corrected chi connectivity index (χ0v) is 16.3. The average molecular weight is 374 g/mol. The van der Waals surface area contributed by atoms with Gasteiger partial charge in [-0.3, -0.25) is 9.69 Å². The molecule has 1 aliphatic heterocycles. The summed E-state index contributed by atoms with van der Waals surface area (Å²) in [7, 11) is 1.85. The Morgan fingerprint density at radius 2 is 1.82 bits per heavy atom. The SMILES string of the molecule is CN(Cc1cccc(-n2cccn2)c1)C(=O)c1ccc(CN2CCCC2)cc1. The monoisotopic (exact) mass is 374 g/mol. The van der Waals surface area contributed by atoms with E-state index in [-0.39, 0.29) is 5.91 Å². The summed E-state index contributed by atoms with van der Waals surface area (Å²) in [5, 5.41) is 4.27. The minimum absolute atomic E-state index is 0.0391. The molecule has 0 bridgehead atoms. The third-order valence-corrected chi connectivity index (χ3v) is 5.25. The van der Waals surface area contributed by atoms with E-state index in [1.54, 1.807) is 11.1 Å². The van der Waals surface area contributed by atoms with Gasteiger partial charge in [0.1, 0.15) is 0 Å². The molecule has 144 valence electrons. The molecule has 4 rings (SSSR count). The lowest BCUT2D eigenvalue weighted by atomic mass is 10.1. The van der Waals surface area contributed by atoms with E-state index in [9.17, 15) is 4.79 Å². The summed E-state index contributed by atoms with van der Waals surface area (Å²) in [6, 6.07) is 18.1. The number of rotatable bonds is 6. The Morgan fingerprint density at radius 3 is 2.54 bits per heavy atom. The van der Waals surface area contributed by atoms with Crippen LogP contribution in [-0.4, -0.2) is 45.6 Å². The molecule has 1 aliphatic rings. The van der Waals surface area contributed by atoms with Crippen molar-refractivity contribution in [2.75, 3.05) is 20.1 Å². The lowest BCUT2D eigenvalue weighted by molar-refractivity contribution is 0.0785. The summed E-state index contributed by atoms with van der Waals surface area (Å²) in [5.74, 6) is 0.0391. The standard InChI is InChI=1S/C23H26N4O/c1-25(17-20-6-4-7-22(16-20)27-15-5-12-24-27)23(28)21-10-8-19(9-11-21)18-26-13-2-3-14-26/h4-12,15-16H,2-3,13-14,17-18H2,1H3. The van der Waals surface area contributed by atoms with Gasteiger partial charge in [-0.25, -0.2) is 4.68 Å². The van der Waals surface area contributed by atoms with Crippen LogP contribution in [0, 0.1) is 0 Å². The summed E-state index contributed by atoms with van der Waals surface area (Å²) in [6.07, 6.45) is 6.26. The Bertz CT molecular complexity index is 912. The van der Waals surface area contributed by atoms with Gasteiger partial charge in [0, 0.05) is 38.1 Å². The predicted molar refractivity (Wildman–Crippen MR) is 110 cm³/mol. The van der Waals surface area contributed by atoms with Gasteiger partial charge < -0.3 is 4.90 Å². The van der Waals surface area contributed by atoms with Gasteiger partial charge in [0.25, 0.3) is 5.91 Å². The molecule has 0 spiro atoms. The van der Waals surface area contributed by atoms with Gasteiger partial charge in [0.15, 0.2) is 0 Å². The molecule has 0 aliphatic carbocycles. The van der Waals surface area contributed by atoms with Crippen molar-refractivity contribution in [3.05, 3.63) is 83.7 Å². The highest BCUT2D eigenvalue weighted by Gasteiger charge is 2.14. The third-order valence-electron chi connectivity index (χ3n) is 5.25. The van der Waals surface area contributed by atoms with E-state index in [4.69, 9.17) is 0 Å². The van der Waals surface area contributed by atoms with Crippen molar-refractivity contribution in [1.29, 1.82) is 0 Å². The Hall–Kier alpha value is -2.92. The Labute approximate surface area is 166 Å². The molecule has 2 aromatic carbocycles. The number of nitrogens with zero attached hydrogens (tertiary/aromatic N) is 4. The second kappa shape index (κ2) is 8.40. The first-order chi connectivity index (χ1) is 13.7. The summed E-state index contributed by atoms with van der Waals surface area (Å²) in [6.45, 7) is 3.90. The van der Waals surface area contributed by atoms with Crippen LogP contribution in [0.2, 0.25) is 0 Å². The molecule has 28 heavy (non-hydrogen) atoms. The van der Waals surface area contributed by atoms with Crippen LogP contribution in [0.5, 0.6) is 0 Å². The van der Waals surface area contributed by atoms with Crippen LogP contribution in [0.15, 0.2) is 67.0 Å². The van der Waals surface area contributed by atoms with Crippen molar-refractivity contribution >= 4 is 5.91 Å². The maximum absolute atomic E-state index is 12.8. The number of benzene rings is 2. The highest BCUT2D eigenvalue weighted by Crippen LogP contribution is 2.16. The normalized spacial score (nSPS) is 14.3. The molecule has 0 N–H and O–H groups in total. The van der Waals surface area contributed by atoms with Crippen LogP contribution in [0.4, 0.5) is 0 Å². The molecule has 0 radical (unpaired) electrons. The number of amides is 1. The minimum Gasteiger partial charge on any atom is -0.337 e. The van der Waals surface area contributed by atoms with Crippen molar-refractivity contribution in [3.8, 4) is 5.69 Å². The number of carbonyl (C=O) groups excluding carboxylic acids is 1. The van der Waals surface area contributed by atoms with E-state index >= 15 is 0 Å². The predicted octanol–water partition coefficient (Wildman–Crippen LogP) is 3.74. The van der Waals surface area contributed by atoms with E-state index in [1.165, 1.54) is 31.5 Å². The maximum Gasteiger partial charge on any atom is 0.253 e. The number of likely N-dealkylation sites (tertiary alicyclic amines) is 1. The van der Waals surface area contributed by atoms with Crippen LogP contribution in [0.25, 0.3) is 5.69 Å². The van der Waals surface area contributed by atoms with Gasteiger partial charge in [-0.15, -0.1) is 0 Å². The lowest BCUT2D eigenvalue weighted by Crippen LogP contribution is -2.26. The molecule has 2 heterocycles. The first kappa shape index (κ1) is 18.4. The first-order valence-corrected chi connectivity index (χ1v) is 9.85. The molecule has 0 saturated carbocycles. The number of hydrogen-bond acceptors (Lipinski definition) is 3. The van der Waals surface area contributed by atoms with Crippen molar-refractivity contribution in [2.45, 2.75) is 25.9 Å². The molecule has 3 aromatic rings. The average Bonchev–Trinajstić information content (AvgIpc) is 3.42. The number of hydrogen-bond donors (Lipinski definition) is 0. The zero-order valence-electron chi connectivity index (χ0n) is 16.3. The third kappa shape index (κ3) is 4.31. The van der Waals surface area contributed by atoms with E-state index in [2.05, 4.69) is 28.2 Å². The fourth-order valence-electron chi connectivity index (χ4n) is 3.74. The topological polar surface area (TPSA) is 41.4 Å². The fraction of sp³-hybridized carbons (Fsp3) is 0.304. The second-order valence-corrected chi connectivity index (χ2v) is 7.46. The van der Waals surface area contributed by atoms with Crippen molar-refractivity contribution in [1.82, 2.24) is 19.6 Å². The molecule has 5 heteroatoms. The number of aromatic nitrogens is 2. The van der Waals surface area contributed by atoms with Crippen LogP contribution in [0.3, 0.4) is 0 Å². The van der Waals surface area contributed by atoms with Gasteiger partial charge in [-0.05, 0) is 67.4 Å². The van der Waals surface area contributed by atoms with Gasteiger partial charge in [0.05, 0.1) is 5.69 Å². The van der Waals surface area contributed by atoms with Crippen LogP contribution in [-0.2, 0) is 13.1 Å². The molecule has 0 unspecified atom stereocenters. The van der Waals surface area contributed by atoms with Crippen LogP contribution >= 0.6 is 0 Å². The molecule has 0 atom stereocenters. The van der Waals surface area contributed by atoms with Crippen molar-refractivity contribution in [3.63, 3.8) is 0 Å². The van der Waals surface area contributed by atoms with Crippen molar-refractivity contribution in [2.24, 2.45) is 0 Å². The van der Waals surface area contributed by atoms with Crippen LogP contribution < -0.4 is 0 Å². The van der Waals surface area contributed by atoms with Gasteiger partial charge >= 0.3 is 0 Å². The maximum atomic E-state index is 12.8. The van der Waals surface area contributed by atoms with Crippen molar-refractivity contribution < 1.29 is 4.79 Å². The van der Waals surface area contributed by atoms with Gasteiger partial charge in [-0.1, -0.05) is 24.3 Å². The summed E-state index contributed by atoms with van der Waals surface area (Å²) in [5.41, 5.74) is 4.08. The Morgan fingerprint density at radius 1 is 1.04 bits per heavy atom. The highest BCUT2D eigenvalue weighted by molar-refractivity contribution is 5.94. The smallest absolute Gasteiger partial charge is 0.253 e. The fourth-order valence-corrected chi connectivity index (χ4v) is 3.74.